The number of anilines is 1. The highest BCUT2D eigenvalue weighted by atomic mass is 35.5. The minimum atomic E-state index is -0.531. The van der Waals surface area contributed by atoms with Crippen LogP contribution >= 0.6 is 11.6 Å². The average Bonchev–Trinajstić information content (AvgIpc) is 2.63. The number of halogens is 2. The maximum absolute atomic E-state index is 13.9. The van der Waals surface area contributed by atoms with E-state index in [4.69, 9.17) is 16.3 Å². The number of piperidine rings is 1. The van der Waals surface area contributed by atoms with Crippen LogP contribution < -0.4 is 10.2 Å². The third-order valence-electron chi connectivity index (χ3n) is 3.95. The number of rotatable bonds is 4. The molecule has 2 aromatic rings. The van der Waals surface area contributed by atoms with Gasteiger partial charge >= 0.3 is 6.09 Å². The normalized spacial score (nSPS) is 17.2. The number of ether oxygens (including phenoxy) is 1. The molecule has 0 aliphatic carbocycles. The number of benzene rings is 1. The first kappa shape index (κ1) is 17.4. The number of amides is 1. The Morgan fingerprint density at radius 3 is 3.00 bits per heavy atom. The smallest absolute Gasteiger partial charge is 0.407 e. The van der Waals surface area contributed by atoms with E-state index in [-0.39, 0.29) is 23.8 Å². The molecule has 1 amide bonds. The zero-order chi connectivity index (χ0) is 17.6. The van der Waals surface area contributed by atoms with Crippen LogP contribution in [0.2, 0.25) is 5.28 Å². The van der Waals surface area contributed by atoms with Gasteiger partial charge in [0.25, 0.3) is 0 Å². The Kier molecular flexibility index (Phi) is 5.65. The molecule has 8 heteroatoms. The molecule has 132 valence electrons. The summed E-state index contributed by atoms with van der Waals surface area (Å²) in [4.78, 5) is 21.3. The summed E-state index contributed by atoms with van der Waals surface area (Å²) in [6, 6.07) is 9.30. The first-order chi connectivity index (χ1) is 12.1. The summed E-state index contributed by atoms with van der Waals surface area (Å²) in [6.07, 6.45) is 2.15. The first-order valence-corrected chi connectivity index (χ1v) is 8.40. The van der Waals surface area contributed by atoms with Gasteiger partial charge in [0.1, 0.15) is 6.61 Å². The molecule has 6 nitrogen and oxygen atoms in total. The van der Waals surface area contributed by atoms with E-state index in [9.17, 15) is 9.18 Å². The van der Waals surface area contributed by atoms with Crippen molar-refractivity contribution in [3.8, 4) is 0 Å². The molecule has 1 atom stereocenters. The highest BCUT2D eigenvalue weighted by Crippen LogP contribution is 2.22. The standard InChI is InChI=1S/C17H18ClFN4O2/c18-16-20-9-14(19)15(22-16)23-8-4-7-13(10-23)21-17(24)25-11-12-5-2-1-3-6-12/h1-3,5-6,9,13H,4,7-8,10-11H2,(H,21,24). The molecule has 25 heavy (non-hydrogen) atoms. The molecule has 3 rings (SSSR count). The molecule has 1 aliphatic rings. The van der Waals surface area contributed by atoms with E-state index in [2.05, 4.69) is 15.3 Å². The highest BCUT2D eigenvalue weighted by molar-refractivity contribution is 6.28. The summed E-state index contributed by atoms with van der Waals surface area (Å²) < 4.78 is 19.1. The van der Waals surface area contributed by atoms with Crippen molar-refractivity contribution in [2.45, 2.75) is 25.5 Å². The van der Waals surface area contributed by atoms with Gasteiger partial charge in [0, 0.05) is 19.1 Å². The van der Waals surface area contributed by atoms with Gasteiger partial charge in [-0.25, -0.2) is 14.2 Å². The van der Waals surface area contributed by atoms with Gasteiger partial charge in [-0.05, 0) is 30.0 Å². The predicted octanol–water partition coefficient (Wildman–Crippen LogP) is 3.16. The van der Waals surface area contributed by atoms with E-state index in [1.54, 1.807) is 4.90 Å². The lowest BCUT2D eigenvalue weighted by atomic mass is 10.1. The van der Waals surface area contributed by atoms with Crippen LogP contribution in [0.4, 0.5) is 15.0 Å². The quantitative estimate of drug-likeness (QED) is 0.844. The van der Waals surface area contributed by atoms with Crippen molar-refractivity contribution in [3.63, 3.8) is 0 Å². The van der Waals surface area contributed by atoms with Crippen LogP contribution in [0.1, 0.15) is 18.4 Å². The number of carbonyl (C=O) groups is 1. The number of carbonyl (C=O) groups excluding carboxylic acids is 1. The molecule has 1 saturated heterocycles. The third-order valence-corrected chi connectivity index (χ3v) is 4.13. The molecular formula is C17H18ClFN4O2. The molecule has 2 heterocycles. The first-order valence-electron chi connectivity index (χ1n) is 8.02. The monoisotopic (exact) mass is 364 g/mol. The number of alkyl carbamates (subject to hydrolysis) is 1. The van der Waals surface area contributed by atoms with Crippen molar-refractivity contribution in [1.29, 1.82) is 0 Å². The largest absolute Gasteiger partial charge is 0.445 e. The van der Waals surface area contributed by atoms with Gasteiger partial charge in [0.15, 0.2) is 11.6 Å². The lowest BCUT2D eigenvalue weighted by Crippen LogP contribution is -2.48. The molecule has 0 spiro atoms. The second-order valence-electron chi connectivity index (χ2n) is 5.80. The van der Waals surface area contributed by atoms with E-state index in [0.29, 0.717) is 13.1 Å². The Labute approximate surface area is 150 Å². The number of aromatic nitrogens is 2. The van der Waals surface area contributed by atoms with Gasteiger partial charge in [-0.3, -0.25) is 0 Å². The molecule has 1 N–H and O–H groups in total. The van der Waals surface area contributed by atoms with Crippen LogP contribution in [0.15, 0.2) is 36.5 Å². The second kappa shape index (κ2) is 8.11. The summed E-state index contributed by atoms with van der Waals surface area (Å²) in [5, 5.41) is 2.82. The number of nitrogens with zero attached hydrogens (tertiary/aromatic N) is 3. The van der Waals surface area contributed by atoms with Gasteiger partial charge in [-0.1, -0.05) is 30.3 Å². The van der Waals surface area contributed by atoms with Crippen LogP contribution in [0.25, 0.3) is 0 Å². The van der Waals surface area contributed by atoms with E-state index in [0.717, 1.165) is 24.6 Å². The van der Waals surface area contributed by atoms with Crippen LogP contribution in [-0.2, 0) is 11.3 Å². The zero-order valence-corrected chi connectivity index (χ0v) is 14.2. The van der Waals surface area contributed by atoms with Gasteiger partial charge in [-0.15, -0.1) is 0 Å². The predicted molar refractivity (Wildman–Crippen MR) is 92.0 cm³/mol. The van der Waals surface area contributed by atoms with Crippen molar-refractivity contribution >= 4 is 23.5 Å². The van der Waals surface area contributed by atoms with E-state index < -0.39 is 11.9 Å². The van der Waals surface area contributed by atoms with Crippen molar-refractivity contribution in [2.24, 2.45) is 0 Å². The molecule has 0 radical (unpaired) electrons. The van der Waals surface area contributed by atoms with Crippen LogP contribution in [0.3, 0.4) is 0 Å². The Morgan fingerprint density at radius 1 is 1.40 bits per heavy atom. The van der Waals surface area contributed by atoms with E-state index in [1.165, 1.54) is 0 Å². The Morgan fingerprint density at radius 2 is 2.20 bits per heavy atom. The number of nitrogens with one attached hydrogen (secondary N) is 1. The van der Waals surface area contributed by atoms with Gasteiger partial charge in [0.2, 0.25) is 5.28 Å². The van der Waals surface area contributed by atoms with Gasteiger partial charge < -0.3 is 15.0 Å². The van der Waals surface area contributed by atoms with E-state index >= 15 is 0 Å². The molecule has 1 aliphatic heterocycles. The van der Waals surface area contributed by atoms with Gasteiger partial charge in [0.05, 0.1) is 6.20 Å². The fourth-order valence-corrected chi connectivity index (χ4v) is 2.91. The minimum absolute atomic E-state index is 0.00578. The number of hydrogen-bond donors (Lipinski definition) is 1. The van der Waals surface area contributed by atoms with E-state index in [1.807, 2.05) is 30.3 Å². The molecule has 1 unspecified atom stereocenters. The second-order valence-corrected chi connectivity index (χ2v) is 6.14. The van der Waals surface area contributed by atoms with Crippen molar-refractivity contribution in [1.82, 2.24) is 15.3 Å². The zero-order valence-electron chi connectivity index (χ0n) is 13.5. The summed E-state index contributed by atoms with van der Waals surface area (Å²) in [7, 11) is 0. The average molecular weight is 365 g/mol. The topological polar surface area (TPSA) is 67.4 Å². The van der Waals surface area contributed by atoms with Crippen LogP contribution in [-0.4, -0.2) is 35.2 Å². The lowest BCUT2D eigenvalue weighted by Gasteiger charge is -2.33. The molecule has 0 bridgehead atoms. The SMILES string of the molecule is O=C(NC1CCCN(c2nc(Cl)ncc2F)C1)OCc1ccccc1. The molecule has 1 aromatic carbocycles. The third kappa shape index (κ3) is 4.79. The number of hydrogen-bond acceptors (Lipinski definition) is 5. The fourth-order valence-electron chi connectivity index (χ4n) is 2.78. The maximum atomic E-state index is 13.9. The van der Waals surface area contributed by atoms with Crippen LogP contribution in [0, 0.1) is 5.82 Å². The Hall–Kier alpha value is -2.41. The molecule has 1 fully saturated rings. The fraction of sp³-hybridized carbons (Fsp3) is 0.353. The molecular weight excluding hydrogens is 347 g/mol. The maximum Gasteiger partial charge on any atom is 0.407 e. The summed E-state index contributed by atoms with van der Waals surface area (Å²) in [5.41, 5.74) is 0.917. The van der Waals surface area contributed by atoms with Crippen molar-refractivity contribution in [2.75, 3.05) is 18.0 Å². The minimum Gasteiger partial charge on any atom is -0.445 e. The molecule has 1 aromatic heterocycles. The lowest BCUT2D eigenvalue weighted by molar-refractivity contribution is 0.134. The molecule has 0 saturated carbocycles. The van der Waals surface area contributed by atoms with Gasteiger partial charge in [-0.2, -0.15) is 4.98 Å². The summed E-state index contributed by atoms with van der Waals surface area (Å²) >= 11 is 5.75. The Balaban J connectivity index is 1.54. The highest BCUT2D eigenvalue weighted by Gasteiger charge is 2.25. The van der Waals surface area contributed by atoms with Crippen molar-refractivity contribution < 1.29 is 13.9 Å². The van der Waals surface area contributed by atoms with Crippen LogP contribution in [0.5, 0.6) is 0 Å². The Bertz CT molecular complexity index is 732. The summed E-state index contributed by atoms with van der Waals surface area (Å²) in [5.74, 6) is -0.374. The van der Waals surface area contributed by atoms with Crippen molar-refractivity contribution in [3.05, 3.63) is 53.2 Å². The summed E-state index contributed by atoms with van der Waals surface area (Å²) in [6.45, 7) is 1.28.